The highest BCUT2D eigenvalue weighted by Crippen LogP contribution is 2.18. The second-order valence-corrected chi connectivity index (χ2v) is 5.46. The van der Waals surface area contributed by atoms with E-state index in [4.69, 9.17) is 0 Å². The average Bonchev–Trinajstić information content (AvgIpc) is 2.38. The van der Waals surface area contributed by atoms with Crippen LogP contribution in [-0.4, -0.2) is 0 Å². The molecule has 0 saturated heterocycles. The van der Waals surface area contributed by atoms with E-state index in [0.717, 1.165) is 11.0 Å². The summed E-state index contributed by atoms with van der Waals surface area (Å²) in [6.07, 6.45) is 0. The molecule has 0 amide bonds. The summed E-state index contributed by atoms with van der Waals surface area (Å²) in [5.41, 5.74) is 3.92. The van der Waals surface area contributed by atoms with Gasteiger partial charge in [0, 0.05) is 17.1 Å². The topological polar surface area (TPSA) is 12.0 Å². The van der Waals surface area contributed by atoms with Crippen LogP contribution in [0.1, 0.15) is 29.7 Å². The number of rotatable bonds is 4. The number of hydrogen-bond donors (Lipinski definition) is 1. The van der Waals surface area contributed by atoms with Crippen molar-refractivity contribution in [1.82, 2.24) is 5.32 Å². The van der Waals surface area contributed by atoms with Crippen molar-refractivity contribution in [1.29, 1.82) is 0 Å². The summed E-state index contributed by atoms with van der Waals surface area (Å²) in [7, 11) is 0. The van der Waals surface area contributed by atoms with Crippen LogP contribution in [0.3, 0.4) is 0 Å². The zero-order valence-electron chi connectivity index (χ0n) is 10.8. The Morgan fingerprint density at radius 3 is 2.39 bits per heavy atom. The normalized spacial score (nSPS) is 12.4. The molecule has 0 bridgehead atoms. The molecule has 0 spiro atoms. The Hall–Kier alpha value is -1.12. The predicted octanol–water partition coefficient (Wildman–Crippen LogP) is 4.61. The molecular weight excluding hydrogens is 286 g/mol. The lowest BCUT2D eigenvalue weighted by Gasteiger charge is -2.15. The Morgan fingerprint density at radius 2 is 1.72 bits per heavy atom. The first-order valence-electron chi connectivity index (χ1n) is 6.20. The number of hydrogen-bond acceptors (Lipinski definition) is 1. The molecule has 2 heteroatoms. The van der Waals surface area contributed by atoms with Crippen LogP contribution in [0.5, 0.6) is 0 Å². The zero-order chi connectivity index (χ0) is 13.0. The molecule has 0 heterocycles. The van der Waals surface area contributed by atoms with Crippen molar-refractivity contribution in [3.05, 3.63) is 69.7 Å². The molecule has 1 unspecified atom stereocenters. The van der Waals surface area contributed by atoms with Crippen molar-refractivity contribution in [2.45, 2.75) is 26.4 Å². The fraction of sp³-hybridized carbons (Fsp3) is 0.250. The summed E-state index contributed by atoms with van der Waals surface area (Å²) in [6.45, 7) is 5.18. The molecule has 2 aromatic carbocycles. The summed E-state index contributed by atoms with van der Waals surface area (Å²) in [6, 6.07) is 17.4. The van der Waals surface area contributed by atoms with E-state index in [2.05, 4.69) is 77.6 Å². The van der Waals surface area contributed by atoms with Crippen molar-refractivity contribution in [2.24, 2.45) is 0 Å². The van der Waals surface area contributed by atoms with Gasteiger partial charge in [0.05, 0.1) is 0 Å². The van der Waals surface area contributed by atoms with Gasteiger partial charge in [-0.2, -0.15) is 0 Å². The van der Waals surface area contributed by atoms with Crippen LogP contribution in [0, 0.1) is 6.92 Å². The summed E-state index contributed by atoms with van der Waals surface area (Å²) in [5, 5.41) is 3.55. The number of halogens is 1. The molecule has 1 atom stereocenters. The molecule has 0 aromatic heterocycles. The molecule has 1 N–H and O–H groups in total. The van der Waals surface area contributed by atoms with Gasteiger partial charge in [-0.15, -0.1) is 0 Å². The smallest absolute Gasteiger partial charge is 0.0294 e. The van der Waals surface area contributed by atoms with Crippen LogP contribution < -0.4 is 5.32 Å². The van der Waals surface area contributed by atoms with Crippen LogP contribution in [0.15, 0.2) is 53.0 Å². The minimum absolute atomic E-state index is 0.359. The van der Waals surface area contributed by atoms with Crippen molar-refractivity contribution in [3.63, 3.8) is 0 Å². The van der Waals surface area contributed by atoms with Gasteiger partial charge in [-0.3, -0.25) is 0 Å². The van der Waals surface area contributed by atoms with Crippen molar-refractivity contribution in [2.75, 3.05) is 0 Å². The Morgan fingerprint density at radius 1 is 1.06 bits per heavy atom. The summed E-state index contributed by atoms with van der Waals surface area (Å²) in [4.78, 5) is 0. The lowest BCUT2D eigenvalue weighted by atomic mass is 10.1. The van der Waals surface area contributed by atoms with E-state index in [0.29, 0.717) is 6.04 Å². The molecule has 0 aliphatic rings. The second-order valence-electron chi connectivity index (χ2n) is 4.60. The highest BCUT2D eigenvalue weighted by Gasteiger charge is 2.05. The van der Waals surface area contributed by atoms with Gasteiger partial charge >= 0.3 is 0 Å². The van der Waals surface area contributed by atoms with E-state index < -0.39 is 0 Å². The molecule has 2 aromatic rings. The molecular formula is C16H18BrN. The number of aryl methyl sites for hydroxylation is 1. The Balaban J connectivity index is 1.98. The Kier molecular flexibility index (Phi) is 4.56. The van der Waals surface area contributed by atoms with Crippen molar-refractivity contribution in [3.8, 4) is 0 Å². The van der Waals surface area contributed by atoms with Crippen LogP contribution in [0.4, 0.5) is 0 Å². The van der Waals surface area contributed by atoms with Gasteiger partial charge in [-0.25, -0.2) is 0 Å². The quantitative estimate of drug-likeness (QED) is 0.870. The number of benzene rings is 2. The maximum atomic E-state index is 3.57. The molecule has 1 nitrogen and oxygen atoms in total. The van der Waals surface area contributed by atoms with Gasteiger partial charge in [-0.1, -0.05) is 64.0 Å². The van der Waals surface area contributed by atoms with Crippen molar-refractivity contribution >= 4 is 15.9 Å². The van der Waals surface area contributed by atoms with Gasteiger partial charge in [-0.05, 0) is 31.0 Å². The zero-order valence-corrected chi connectivity index (χ0v) is 12.4. The summed E-state index contributed by atoms with van der Waals surface area (Å²) in [5.74, 6) is 0. The molecule has 0 radical (unpaired) electrons. The average molecular weight is 304 g/mol. The SMILES string of the molecule is Cc1ccc(C(C)NCc2ccccc2Br)cc1. The third kappa shape index (κ3) is 3.44. The van der Waals surface area contributed by atoms with E-state index in [-0.39, 0.29) is 0 Å². The lowest BCUT2D eigenvalue weighted by Crippen LogP contribution is -2.18. The van der Waals surface area contributed by atoms with E-state index in [9.17, 15) is 0 Å². The maximum Gasteiger partial charge on any atom is 0.0294 e. The van der Waals surface area contributed by atoms with Crippen LogP contribution >= 0.6 is 15.9 Å². The first kappa shape index (κ1) is 13.3. The molecule has 18 heavy (non-hydrogen) atoms. The Labute approximate surface area is 117 Å². The summed E-state index contributed by atoms with van der Waals surface area (Å²) >= 11 is 3.57. The van der Waals surface area contributed by atoms with Crippen LogP contribution in [0.25, 0.3) is 0 Å². The molecule has 0 aliphatic heterocycles. The second kappa shape index (κ2) is 6.17. The Bertz CT molecular complexity index is 505. The fourth-order valence-electron chi connectivity index (χ4n) is 1.88. The highest BCUT2D eigenvalue weighted by molar-refractivity contribution is 9.10. The largest absolute Gasteiger partial charge is 0.306 e. The lowest BCUT2D eigenvalue weighted by molar-refractivity contribution is 0.573. The minimum atomic E-state index is 0.359. The first-order valence-corrected chi connectivity index (χ1v) is 6.99. The molecule has 2 rings (SSSR count). The molecule has 0 saturated carbocycles. The maximum absolute atomic E-state index is 3.57. The highest BCUT2D eigenvalue weighted by atomic mass is 79.9. The van der Waals surface area contributed by atoms with Gasteiger partial charge in [0.25, 0.3) is 0 Å². The third-order valence-corrected chi connectivity index (χ3v) is 3.91. The van der Waals surface area contributed by atoms with Crippen LogP contribution in [0.2, 0.25) is 0 Å². The van der Waals surface area contributed by atoms with Gasteiger partial charge in [0.15, 0.2) is 0 Å². The van der Waals surface area contributed by atoms with E-state index in [1.807, 2.05) is 6.07 Å². The van der Waals surface area contributed by atoms with Gasteiger partial charge < -0.3 is 5.32 Å². The predicted molar refractivity (Wildman–Crippen MR) is 80.6 cm³/mol. The van der Waals surface area contributed by atoms with Crippen molar-refractivity contribution < 1.29 is 0 Å². The molecule has 0 aliphatic carbocycles. The summed E-state index contributed by atoms with van der Waals surface area (Å²) < 4.78 is 1.16. The monoisotopic (exact) mass is 303 g/mol. The fourth-order valence-corrected chi connectivity index (χ4v) is 2.30. The standard InChI is InChI=1S/C16H18BrN/c1-12-7-9-14(10-8-12)13(2)18-11-15-5-3-4-6-16(15)17/h3-10,13,18H,11H2,1-2H3. The van der Waals surface area contributed by atoms with Gasteiger partial charge in [0.1, 0.15) is 0 Å². The first-order chi connectivity index (χ1) is 8.66. The van der Waals surface area contributed by atoms with E-state index in [1.165, 1.54) is 16.7 Å². The van der Waals surface area contributed by atoms with Gasteiger partial charge in [0.2, 0.25) is 0 Å². The molecule has 94 valence electrons. The molecule has 0 fully saturated rings. The minimum Gasteiger partial charge on any atom is -0.306 e. The number of nitrogens with one attached hydrogen (secondary N) is 1. The third-order valence-electron chi connectivity index (χ3n) is 3.13. The van der Waals surface area contributed by atoms with E-state index >= 15 is 0 Å². The van der Waals surface area contributed by atoms with E-state index in [1.54, 1.807) is 0 Å². The van der Waals surface area contributed by atoms with Crippen LogP contribution in [-0.2, 0) is 6.54 Å².